The summed E-state index contributed by atoms with van der Waals surface area (Å²) in [5, 5.41) is 4.61. The van der Waals surface area contributed by atoms with Crippen LogP contribution in [0.3, 0.4) is 0 Å². The molecule has 1 unspecified atom stereocenters. The number of halogens is 4. The topological polar surface area (TPSA) is 71.1 Å². The molecule has 0 radical (unpaired) electrons. The van der Waals surface area contributed by atoms with E-state index in [4.69, 9.17) is 11.6 Å². The van der Waals surface area contributed by atoms with Gasteiger partial charge in [0.2, 0.25) is 0 Å². The van der Waals surface area contributed by atoms with Gasteiger partial charge in [0.25, 0.3) is 11.8 Å². The third kappa shape index (κ3) is 5.43. The summed E-state index contributed by atoms with van der Waals surface area (Å²) in [6.07, 6.45) is -2.64. The highest BCUT2D eigenvalue weighted by molar-refractivity contribution is 6.31. The van der Waals surface area contributed by atoms with Gasteiger partial charge in [-0.1, -0.05) is 18.5 Å². The van der Waals surface area contributed by atoms with Gasteiger partial charge in [0.1, 0.15) is 5.69 Å². The average Bonchev–Trinajstić information content (AvgIpc) is 2.62. The Morgan fingerprint density at radius 1 is 1.19 bits per heavy atom. The van der Waals surface area contributed by atoms with Crippen LogP contribution in [0.25, 0.3) is 0 Å². The Morgan fingerprint density at radius 3 is 2.52 bits per heavy atom. The molecule has 2 aromatic rings. The van der Waals surface area contributed by atoms with Crippen molar-refractivity contribution in [3.63, 3.8) is 0 Å². The molecule has 0 saturated carbocycles. The molecule has 0 fully saturated rings. The molecular formula is C18H17ClF3N3O2. The van der Waals surface area contributed by atoms with Gasteiger partial charge < -0.3 is 10.6 Å². The molecule has 144 valence electrons. The van der Waals surface area contributed by atoms with Gasteiger partial charge in [-0.05, 0) is 43.7 Å². The molecule has 1 aromatic heterocycles. The number of anilines is 1. The van der Waals surface area contributed by atoms with Crippen molar-refractivity contribution in [1.29, 1.82) is 0 Å². The van der Waals surface area contributed by atoms with Crippen molar-refractivity contribution in [3.8, 4) is 0 Å². The molecule has 27 heavy (non-hydrogen) atoms. The maximum Gasteiger partial charge on any atom is 0.417 e. The molecular weight excluding hydrogens is 383 g/mol. The second-order valence-electron chi connectivity index (χ2n) is 5.86. The third-order valence-corrected chi connectivity index (χ3v) is 4.10. The number of aromatic nitrogens is 1. The van der Waals surface area contributed by atoms with Gasteiger partial charge in [-0.2, -0.15) is 13.2 Å². The van der Waals surface area contributed by atoms with Crippen LogP contribution in [0.2, 0.25) is 5.02 Å². The van der Waals surface area contributed by atoms with Crippen LogP contribution in [0.4, 0.5) is 18.9 Å². The van der Waals surface area contributed by atoms with E-state index in [1.54, 1.807) is 0 Å². The van der Waals surface area contributed by atoms with E-state index >= 15 is 0 Å². The first kappa shape index (κ1) is 20.7. The minimum atomic E-state index is -4.64. The monoisotopic (exact) mass is 399 g/mol. The fourth-order valence-corrected chi connectivity index (χ4v) is 2.34. The average molecular weight is 400 g/mol. The maximum atomic E-state index is 12.9. The normalized spacial score (nSPS) is 12.4. The molecule has 5 nitrogen and oxygen atoms in total. The number of alkyl halides is 3. The summed E-state index contributed by atoms with van der Waals surface area (Å²) in [4.78, 5) is 28.3. The summed E-state index contributed by atoms with van der Waals surface area (Å²) in [6.45, 7) is 3.73. The fourth-order valence-electron chi connectivity index (χ4n) is 2.12. The lowest BCUT2D eigenvalue weighted by Crippen LogP contribution is -2.32. The Morgan fingerprint density at radius 2 is 1.89 bits per heavy atom. The Kier molecular flexibility index (Phi) is 6.43. The minimum Gasteiger partial charge on any atom is -0.348 e. The van der Waals surface area contributed by atoms with E-state index in [2.05, 4.69) is 15.6 Å². The van der Waals surface area contributed by atoms with Crippen molar-refractivity contribution in [2.75, 3.05) is 5.32 Å². The zero-order valence-electron chi connectivity index (χ0n) is 14.5. The zero-order valence-corrected chi connectivity index (χ0v) is 15.3. The summed E-state index contributed by atoms with van der Waals surface area (Å²) in [7, 11) is 0. The molecule has 0 aliphatic carbocycles. The summed E-state index contributed by atoms with van der Waals surface area (Å²) in [5.41, 5.74) is -0.998. The smallest absolute Gasteiger partial charge is 0.348 e. The second kappa shape index (κ2) is 8.39. The van der Waals surface area contributed by atoms with Crippen molar-refractivity contribution >= 4 is 29.1 Å². The molecule has 0 bridgehead atoms. The number of rotatable bonds is 5. The number of carbonyl (C=O) groups excluding carboxylic acids is 2. The lowest BCUT2D eigenvalue weighted by atomic mass is 10.1. The van der Waals surface area contributed by atoms with Crippen LogP contribution in [-0.2, 0) is 6.18 Å². The molecule has 1 heterocycles. The molecule has 0 aliphatic heterocycles. The Balaban J connectivity index is 2.20. The molecule has 1 atom stereocenters. The highest BCUT2D eigenvalue weighted by Gasteiger charge is 2.33. The molecule has 1 aromatic carbocycles. The number of hydrogen-bond acceptors (Lipinski definition) is 3. The SMILES string of the molecule is CCC(C)NC(=O)c1cc(C(=O)Nc2ccc(Cl)c(C(F)(F)F)c2)ccn1. The van der Waals surface area contributed by atoms with Crippen LogP contribution in [0.5, 0.6) is 0 Å². The molecule has 2 rings (SSSR count). The third-order valence-electron chi connectivity index (χ3n) is 3.77. The summed E-state index contributed by atoms with van der Waals surface area (Å²) >= 11 is 5.56. The summed E-state index contributed by atoms with van der Waals surface area (Å²) < 4.78 is 38.7. The highest BCUT2D eigenvalue weighted by Crippen LogP contribution is 2.36. The second-order valence-corrected chi connectivity index (χ2v) is 6.27. The molecule has 0 aliphatic rings. The lowest BCUT2D eigenvalue weighted by molar-refractivity contribution is -0.137. The van der Waals surface area contributed by atoms with Gasteiger partial charge >= 0.3 is 6.18 Å². The predicted octanol–water partition coefficient (Wildman–Crippen LogP) is 4.53. The molecule has 0 spiro atoms. The minimum absolute atomic E-state index is 0.0371. The van der Waals surface area contributed by atoms with Crippen LogP contribution < -0.4 is 10.6 Å². The maximum absolute atomic E-state index is 12.9. The molecule has 0 saturated heterocycles. The number of benzene rings is 1. The molecule has 2 N–H and O–H groups in total. The first-order chi connectivity index (χ1) is 12.6. The van der Waals surface area contributed by atoms with Crippen molar-refractivity contribution in [1.82, 2.24) is 10.3 Å². The van der Waals surface area contributed by atoms with Crippen LogP contribution >= 0.6 is 11.6 Å². The van der Waals surface area contributed by atoms with E-state index in [1.807, 2.05) is 13.8 Å². The Bertz CT molecular complexity index is 856. The molecule has 9 heteroatoms. The fraction of sp³-hybridized carbons (Fsp3) is 0.278. The van der Waals surface area contributed by atoms with Crippen molar-refractivity contribution in [3.05, 3.63) is 58.4 Å². The van der Waals surface area contributed by atoms with Gasteiger partial charge in [-0.15, -0.1) is 0 Å². The van der Waals surface area contributed by atoms with Gasteiger partial charge in [0.05, 0.1) is 10.6 Å². The van der Waals surface area contributed by atoms with E-state index in [0.717, 1.165) is 18.6 Å². The van der Waals surface area contributed by atoms with Crippen molar-refractivity contribution in [2.24, 2.45) is 0 Å². The number of nitrogens with one attached hydrogen (secondary N) is 2. The number of pyridine rings is 1. The van der Waals surface area contributed by atoms with Crippen LogP contribution in [0.1, 0.15) is 46.7 Å². The first-order valence-corrected chi connectivity index (χ1v) is 8.44. The predicted molar refractivity (Wildman–Crippen MR) is 95.9 cm³/mol. The summed E-state index contributed by atoms with van der Waals surface area (Å²) in [6, 6.07) is 5.62. The largest absolute Gasteiger partial charge is 0.417 e. The van der Waals surface area contributed by atoms with Crippen molar-refractivity contribution in [2.45, 2.75) is 32.5 Å². The van der Waals surface area contributed by atoms with Gasteiger partial charge in [0, 0.05) is 23.5 Å². The zero-order chi connectivity index (χ0) is 20.2. The van der Waals surface area contributed by atoms with Gasteiger partial charge in [-0.3, -0.25) is 14.6 Å². The number of amides is 2. The summed E-state index contributed by atoms with van der Waals surface area (Å²) in [5.74, 6) is -1.12. The van der Waals surface area contributed by atoms with Crippen LogP contribution in [0.15, 0.2) is 36.5 Å². The van der Waals surface area contributed by atoms with Crippen LogP contribution in [0, 0.1) is 0 Å². The number of nitrogens with zero attached hydrogens (tertiary/aromatic N) is 1. The van der Waals surface area contributed by atoms with Gasteiger partial charge in [-0.25, -0.2) is 0 Å². The van der Waals surface area contributed by atoms with E-state index in [-0.39, 0.29) is 23.0 Å². The highest BCUT2D eigenvalue weighted by atomic mass is 35.5. The Hall–Kier alpha value is -2.61. The van der Waals surface area contributed by atoms with Gasteiger partial charge in [0.15, 0.2) is 0 Å². The number of hydrogen-bond donors (Lipinski definition) is 2. The van der Waals surface area contributed by atoms with Crippen molar-refractivity contribution < 1.29 is 22.8 Å². The van der Waals surface area contributed by atoms with E-state index < -0.39 is 28.6 Å². The van der Waals surface area contributed by atoms with Crippen LogP contribution in [-0.4, -0.2) is 22.8 Å². The molecule has 2 amide bonds. The van der Waals surface area contributed by atoms with E-state index in [0.29, 0.717) is 0 Å². The van der Waals surface area contributed by atoms with E-state index in [1.165, 1.54) is 24.4 Å². The Labute approximate surface area is 158 Å². The first-order valence-electron chi connectivity index (χ1n) is 8.06. The lowest BCUT2D eigenvalue weighted by Gasteiger charge is -2.13. The standard InChI is InChI=1S/C18H17ClF3N3O2/c1-3-10(2)24-17(27)15-8-11(6-7-23-15)16(26)25-12-4-5-14(19)13(9-12)18(20,21)22/h4-10H,3H2,1-2H3,(H,24,27)(H,25,26). The number of carbonyl (C=O) groups is 2. The quantitative estimate of drug-likeness (QED) is 0.775. The van der Waals surface area contributed by atoms with E-state index in [9.17, 15) is 22.8 Å².